The Labute approximate surface area is 204 Å². The SMILES string of the molecule is COc1nc(N[C@H]2CCN(C(=O)CO)C[C@H]2F)nn2ccc(-c3ccc4nnn([C@H](C)CF)c4c3)c12. The standard InChI is InChI=1S/C23H26F2N8O3/c1-13(10-24)33-19-9-14(3-4-18(19)28-30-33)15-5-8-32-21(15)22(36-2)27-23(29-32)26-17-6-7-31(11-16(17)25)20(35)12-34/h3-5,8-9,13,16-17,34H,6-7,10-12H2,1-2H3,(H,26,29)/t13-,16-,17+/m1/s1. The number of fused-ring (bicyclic) bond motifs is 2. The quantitative estimate of drug-likeness (QED) is 0.395. The molecule has 1 fully saturated rings. The predicted molar refractivity (Wildman–Crippen MR) is 127 cm³/mol. The fraction of sp³-hybridized carbons (Fsp3) is 0.435. The largest absolute Gasteiger partial charge is 0.479 e. The van der Waals surface area contributed by atoms with E-state index >= 15 is 0 Å². The van der Waals surface area contributed by atoms with Crippen molar-refractivity contribution >= 4 is 28.4 Å². The molecule has 1 aromatic carbocycles. The van der Waals surface area contributed by atoms with Gasteiger partial charge < -0.3 is 20.1 Å². The number of aromatic nitrogens is 6. The summed E-state index contributed by atoms with van der Waals surface area (Å²) in [5, 5.41) is 24.7. The van der Waals surface area contributed by atoms with Gasteiger partial charge in [-0.05, 0) is 37.1 Å². The molecule has 0 unspecified atom stereocenters. The second kappa shape index (κ2) is 9.64. The van der Waals surface area contributed by atoms with Crippen molar-refractivity contribution in [3.8, 4) is 17.0 Å². The van der Waals surface area contributed by atoms with Gasteiger partial charge in [0, 0.05) is 18.3 Å². The molecular weight excluding hydrogens is 474 g/mol. The number of rotatable bonds is 7. The van der Waals surface area contributed by atoms with Crippen molar-refractivity contribution < 1.29 is 23.4 Å². The van der Waals surface area contributed by atoms with E-state index in [2.05, 4.69) is 25.7 Å². The van der Waals surface area contributed by atoms with Gasteiger partial charge in [0.25, 0.3) is 0 Å². The first-order valence-corrected chi connectivity index (χ1v) is 11.6. The van der Waals surface area contributed by atoms with Gasteiger partial charge >= 0.3 is 0 Å². The summed E-state index contributed by atoms with van der Waals surface area (Å²) < 4.78 is 36.7. The number of likely N-dealkylation sites (tertiary alicyclic amines) is 1. The molecule has 2 N–H and O–H groups in total. The van der Waals surface area contributed by atoms with Gasteiger partial charge in [-0.25, -0.2) is 18.0 Å². The molecule has 1 amide bonds. The lowest BCUT2D eigenvalue weighted by atomic mass is 10.0. The molecule has 11 nitrogen and oxygen atoms in total. The van der Waals surface area contributed by atoms with Gasteiger partial charge in [-0.3, -0.25) is 4.79 Å². The highest BCUT2D eigenvalue weighted by Gasteiger charge is 2.32. The second-order valence-corrected chi connectivity index (χ2v) is 8.76. The molecule has 1 aliphatic heterocycles. The van der Waals surface area contributed by atoms with Crippen molar-refractivity contribution in [3.05, 3.63) is 30.5 Å². The van der Waals surface area contributed by atoms with Crippen LogP contribution in [0.5, 0.6) is 5.88 Å². The smallest absolute Gasteiger partial charge is 0.248 e. The van der Waals surface area contributed by atoms with Crippen molar-refractivity contribution in [2.75, 3.05) is 38.8 Å². The molecule has 1 saturated heterocycles. The van der Waals surface area contributed by atoms with Crippen LogP contribution in [-0.2, 0) is 4.79 Å². The van der Waals surface area contributed by atoms with Crippen molar-refractivity contribution in [1.29, 1.82) is 0 Å². The van der Waals surface area contributed by atoms with Gasteiger partial charge in [-0.1, -0.05) is 11.3 Å². The number of ether oxygens (including phenoxy) is 1. The number of nitrogens with one attached hydrogen (secondary N) is 1. The molecule has 36 heavy (non-hydrogen) atoms. The number of methoxy groups -OCH3 is 1. The minimum Gasteiger partial charge on any atom is -0.479 e. The maximum absolute atomic E-state index is 14.8. The number of carbonyl (C=O) groups excluding carboxylic acids is 1. The number of amides is 1. The number of hydrogen-bond donors (Lipinski definition) is 2. The zero-order valence-corrected chi connectivity index (χ0v) is 19.8. The van der Waals surface area contributed by atoms with Crippen molar-refractivity contribution in [2.45, 2.75) is 31.6 Å². The molecule has 3 aromatic heterocycles. The van der Waals surface area contributed by atoms with Gasteiger partial charge in [-0.15, -0.1) is 10.2 Å². The van der Waals surface area contributed by atoms with E-state index in [9.17, 15) is 13.6 Å². The first kappa shape index (κ1) is 23.9. The number of nitrogens with zero attached hydrogens (tertiary/aromatic N) is 7. The number of benzene rings is 1. The lowest BCUT2D eigenvalue weighted by Gasteiger charge is -2.34. The maximum atomic E-state index is 14.8. The molecule has 4 heterocycles. The lowest BCUT2D eigenvalue weighted by Crippen LogP contribution is -2.50. The van der Waals surface area contributed by atoms with Crippen LogP contribution in [0, 0.1) is 0 Å². The van der Waals surface area contributed by atoms with Crippen molar-refractivity contribution in [2.24, 2.45) is 0 Å². The molecular formula is C23H26F2N8O3. The topological polar surface area (TPSA) is 123 Å². The summed E-state index contributed by atoms with van der Waals surface area (Å²) in [4.78, 5) is 17.4. The zero-order chi connectivity index (χ0) is 25.4. The van der Waals surface area contributed by atoms with Crippen LogP contribution in [0.3, 0.4) is 0 Å². The average Bonchev–Trinajstić information content (AvgIpc) is 3.52. The van der Waals surface area contributed by atoms with Gasteiger partial charge in [-0.2, -0.15) is 4.98 Å². The van der Waals surface area contributed by atoms with E-state index in [4.69, 9.17) is 9.84 Å². The lowest BCUT2D eigenvalue weighted by molar-refractivity contribution is -0.136. The van der Waals surface area contributed by atoms with E-state index in [0.29, 0.717) is 35.4 Å². The minimum atomic E-state index is -1.35. The summed E-state index contributed by atoms with van der Waals surface area (Å²) in [6.45, 7) is 0.735. The fourth-order valence-corrected chi connectivity index (χ4v) is 4.48. The number of hydrogen-bond acceptors (Lipinski definition) is 8. The Balaban J connectivity index is 1.45. The summed E-state index contributed by atoms with van der Waals surface area (Å²) in [6, 6.07) is 6.41. The number of aliphatic hydroxyl groups excluding tert-OH is 1. The highest BCUT2D eigenvalue weighted by molar-refractivity contribution is 5.89. The number of anilines is 1. The van der Waals surface area contributed by atoms with E-state index < -0.39 is 37.4 Å². The van der Waals surface area contributed by atoms with Gasteiger partial charge in [0.15, 0.2) is 0 Å². The molecule has 13 heteroatoms. The molecule has 3 atom stereocenters. The van der Waals surface area contributed by atoms with Crippen LogP contribution in [0.2, 0.25) is 0 Å². The first-order chi connectivity index (χ1) is 17.4. The van der Waals surface area contributed by atoms with Crippen LogP contribution < -0.4 is 10.1 Å². The van der Waals surface area contributed by atoms with Gasteiger partial charge in [0.1, 0.15) is 30.5 Å². The predicted octanol–water partition coefficient (Wildman–Crippen LogP) is 2.02. The van der Waals surface area contributed by atoms with Crippen LogP contribution in [0.25, 0.3) is 27.7 Å². The molecule has 0 radical (unpaired) electrons. The molecule has 0 aliphatic carbocycles. The Hall–Kier alpha value is -3.87. The number of aliphatic hydroxyl groups is 1. The normalized spacial score (nSPS) is 19.1. The Morgan fingerprint density at radius 3 is 2.92 bits per heavy atom. The van der Waals surface area contributed by atoms with Crippen LogP contribution in [0.4, 0.5) is 14.7 Å². The Bertz CT molecular complexity index is 1410. The third-order valence-electron chi connectivity index (χ3n) is 6.44. The molecule has 5 rings (SSSR count). The zero-order valence-electron chi connectivity index (χ0n) is 19.8. The molecule has 0 spiro atoms. The van der Waals surface area contributed by atoms with Crippen molar-refractivity contribution in [3.63, 3.8) is 0 Å². The van der Waals surface area contributed by atoms with Crippen LogP contribution in [0.1, 0.15) is 19.4 Å². The van der Waals surface area contributed by atoms with E-state index in [-0.39, 0.29) is 12.5 Å². The Kier molecular flexibility index (Phi) is 6.39. The highest BCUT2D eigenvalue weighted by Crippen LogP contribution is 2.33. The van der Waals surface area contributed by atoms with E-state index in [1.165, 1.54) is 12.0 Å². The molecule has 4 aromatic rings. The summed E-state index contributed by atoms with van der Waals surface area (Å²) in [6.07, 6.45) is 0.739. The number of piperidine rings is 1. The Morgan fingerprint density at radius 2 is 2.19 bits per heavy atom. The summed E-state index contributed by atoms with van der Waals surface area (Å²) in [5.74, 6) is -0.0169. The summed E-state index contributed by atoms with van der Waals surface area (Å²) in [5.41, 5.74) is 3.59. The van der Waals surface area contributed by atoms with E-state index in [1.54, 1.807) is 22.3 Å². The maximum Gasteiger partial charge on any atom is 0.248 e. The third-order valence-corrected chi connectivity index (χ3v) is 6.44. The Morgan fingerprint density at radius 1 is 1.36 bits per heavy atom. The van der Waals surface area contributed by atoms with Gasteiger partial charge in [0.2, 0.25) is 17.7 Å². The van der Waals surface area contributed by atoms with Crippen LogP contribution in [0.15, 0.2) is 30.5 Å². The number of halogens is 2. The van der Waals surface area contributed by atoms with Crippen LogP contribution >= 0.6 is 0 Å². The van der Waals surface area contributed by atoms with Crippen molar-refractivity contribution in [1.82, 2.24) is 34.5 Å². The minimum absolute atomic E-state index is 0.112. The number of carbonyl (C=O) groups is 1. The monoisotopic (exact) mass is 500 g/mol. The van der Waals surface area contributed by atoms with Gasteiger partial charge in [0.05, 0.1) is 31.3 Å². The van der Waals surface area contributed by atoms with E-state index in [1.807, 2.05) is 24.3 Å². The molecule has 1 aliphatic rings. The fourth-order valence-electron chi connectivity index (χ4n) is 4.48. The third kappa shape index (κ3) is 4.19. The highest BCUT2D eigenvalue weighted by atomic mass is 19.1. The average molecular weight is 501 g/mol. The second-order valence-electron chi connectivity index (χ2n) is 8.76. The first-order valence-electron chi connectivity index (χ1n) is 11.6. The molecule has 0 saturated carbocycles. The number of alkyl halides is 2. The molecule has 0 bridgehead atoms. The van der Waals surface area contributed by atoms with E-state index in [0.717, 1.165) is 11.1 Å². The molecule has 190 valence electrons. The summed E-state index contributed by atoms with van der Waals surface area (Å²) >= 11 is 0. The van der Waals surface area contributed by atoms with Crippen LogP contribution in [-0.4, -0.2) is 91.2 Å². The summed E-state index contributed by atoms with van der Waals surface area (Å²) in [7, 11) is 1.49.